The molecule has 4 unspecified atom stereocenters. The minimum Gasteiger partial charge on any atom is -0.0985 e. The van der Waals surface area contributed by atoms with Crippen LogP contribution in [0.4, 0.5) is 0 Å². The quantitative estimate of drug-likeness (QED) is 0.241. The maximum Gasteiger partial charge on any atom is -0.00328 e. The minimum atomic E-state index is 0.288. The van der Waals surface area contributed by atoms with E-state index in [9.17, 15) is 0 Å². The van der Waals surface area contributed by atoms with Gasteiger partial charge >= 0.3 is 0 Å². The van der Waals surface area contributed by atoms with Gasteiger partial charge in [-0.3, -0.25) is 0 Å². The van der Waals surface area contributed by atoms with Crippen molar-refractivity contribution in [2.45, 2.75) is 98.7 Å². The van der Waals surface area contributed by atoms with E-state index in [1.807, 2.05) is 24.3 Å². The molecule has 0 aliphatic heterocycles. The Morgan fingerprint density at radius 3 is 0.913 bits per heavy atom. The van der Waals surface area contributed by atoms with Crippen molar-refractivity contribution in [3.05, 3.63) is 131 Å². The number of benzene rings is 3. The van der Waals surface area contributed by atoms with Crippen LogP contribution >= 0.6 is 0 Å². The Hall–Kier alpha value is -3.38. The van der Waals surface area contributed by atoms with Crippen molar-refractivity contribution < 1.29 is 0 Å². The summed E-state index contributed by atoms with van der Waals surface area (Å²) in [7, 11) is 0. The van der Waals surface area contributed by atoms with Gasteiger partial charge in [-0.25, -0.2) is 0 Å². The number of rotatable bonds is 8. The zero-order valence-corrected chi connectivity index (χ0v) is 27.7. The summed E-state index contributed by atoms with van der Waals surface area (Å²) in [5.74, 6) is 3.37. The Labute approximate surface area is 277 Å². The van der Waals surface area contributed by atoms with Gasteiger partial charge in [0.25, 0.3) is 0 Å². The largest absolute Gasteiger partial charge is 0.0985 e. The Kier molecular flexibility index (Phi) is 6.30. The second-order valence-electron chi connectivity index (χ2n) is 17.2. The first-order chi connectivity index (χ1) is 22.3. The van der Waals surface area contributed by atoms with Crippen LogP contribution in [0, 0.1) is 23.7 Å². The summed E-state index contributed by atoms with van der Waals surface area (Å²) in [6, 6.07) is 24.8. The standard InChI is InChI=1S/C46H50/c1-5-31-13-32(6-2)18-41(17-31)45-25-35-15-36(26-45)22-43(21-35,29-45)39-9-11-40(12-10-39)44-23-37-16-38(24-44)28-46(27-37,30-44)42-19-33(7-3)14-34(8-4)20-42/h5-14,17-20,35-38H,1-4,15-16,21-30H2. The van der Waals surface area contributed by atoms with Crippen molar-refractivity contribution in [1.82, 2.24) is 0 Å². The van der Waals surface area contributed by atoms with Gasteiger partial charge < -0.3 is 0 Å². The van der Waals surface area contributed by atoms with Crippen molar-refractivity contribution in [3.8, 4) is 0 Å². The van der Waals surface area contributed by atoms with E-state index >= 15 is 0 Å². The molecule has 8 aliphatic carbocycles. The van der Waals surface area contributed by atoms with Crippen LogP contribution in [0.25, 0.3) is 24.3 Å². The Morgan fingerprint density at radius 2 is 0.652 bits per heavy atom. The molecular weight excluding hydrogens is 553 g/mol. The molecule has 0 spiro atoms. The topological polar surface area (TPSA) is 0 Å². The van der Waals surface area contributed by atoms with E-state index in [-0.39, 0.29) is 10.8 Å². The van der Waals surface area contributed by atoms with Crippen LogP contribution in [-0.4, -0.2) is 0 Å². The fourth-order valence-corrected chi connectivity index (χ4v) is 13.5. The summed E-state index contributed by atoms with van der Waals surface area (Å²) < 4.78 is 0. The molecule has 8 aliphatic rings. The van der Waals surface area contributed by atoms with Gasteiger partial charge in [0.2, 0.25) is 0 Å². The molecule has 3 aromatic rings. The summed E-state index contributed by atoms with van der Waals surface area (Å²) >= 11 is 0. The summed E-state index contributed by atoms with van der Waals surface area (Å²) in [6.45, 7) is 16.5. The second kappa shape index (κ2) is 10.1. The zero-order valence-electron chi connectivity index (χ0n) is 27.7. The van der Waals surface area contributed by atoms with Crippen molar-refractivity contribution in [2.75, 3.05) is 0 Å². The molecule has 3 aromatic carbocycles. The SMILES string of the molecule is C=Cc1cc(C=C)cc(C23CC4CC(CC(c5ccc(C67CC8CC(C6)CC(c6cc(C=C)cc(C=C)c6)(C8)C7)cc5)(C4)C2)C3)c1. The van der Waals surface area contributed by atoms with E-state index in [1.54, 1.807) is 22.3 Å². The van der Waals surface area contributed by atoms with E-state index in [1.165, 1.54) is 99.3 Å². The van der Waals surface area contributed by atoms with Gasteiger partial charge in [-0.1, -0.05) is 99.2 Å². The monoisotopic (exact) mass is 602 g/mol. The van der Waals surface area contributed by atoms with Crippen LogP contribution in [0.1, 0.15) is 122 Å². The fourth-order valence-electron chi connectivity index (χ4n) is 13.5. The summed E-state index contributed by atoms with van der Waals surface area (Å²) in [4.78, 5) is 0. The average Bonchev–Trinajstić information content (AvgIpc) is 3.06. The average molecular weight is 603 g/mol. The molecule has 0 aromatic heterocycles. The molecule has 8 bridgehead atoms. The van der Waals surface area contributed by atoms with Crippen LogP contribution < -0.4 is 0 Å². The van der Waals surface area contributed by atoms with Gasteiger partial charge in [-0.2, -0.15) is 0 Å². The molecule has 0 amide bonds. The lowest BCUT2D eigenvalue weighted by atomic mass is 9.41. The molecule has 0 N–H and O–H groups in total. The third-order valence-electron chi connectivity index (χ3n) is 14.4. The normalized spacial score (nSPS) is 38.1. The first-order valence-corrected chi connectivity index (χ1v) is 18.2. The highest BCUT2D eigenvalue weighted by Gasteiger charge is 2.60. The maximum absolute atomic E-state index is 4.13. The number of hydrogen-bond acceptors (Lipinski definition) is 0. The van der Waals surface area contributed by atoms with Crippen LogP contribution in [0.15, 0.2) is 87.0 Å². The molecule has 0 radical (unpaired) electrons. The Bertz CT molecular complexity index is 1550. The van der Waals surface area contributed by atoms with E-state index in [2.05, 4.69) is 87.0 Å². The van der Waals surface area contributed by atoms with Crippen molar-refractivity contribution in [3.63, 3.8) is 0 Å². The molecule has 0 nitrogen and oxygen atoms in total. The molecule has 4 atom stereocenters. The van der Waals surface area contributed by atoms with Crippen molar-refractivity contribution in [1.29, 1.82) is 0 Å². The van der Waals surface area contributed by atoms with Gasteiger partial charge in [-0.05, 0) is 179 Å². The van der Waals surface area contributed by atoms with E-state index in [0.29, 0.717) is 10.8 Å². The lowest BCUT2D eigenvalue weighted by Crippen LogP contribution is -2.56. The van der Waals surface area contributed by atoms with Gasteiger partial charge in [0.05, 0.1) is 0 Å². The van der Waals surface area contributed by atoms with E-state index < -0.39 is 0 Å². The Balaban J connectivity index is 1.06. The van der Waals surface area contributed by atoms with Crippen LogP contribution in [-0.2, 0) is 21.7 Å². The third kappa shape index (κ3) is 4.24. The number of hydrogen-bond donors (Lipinski definition) is 0. The van der Waals surface area contributed by atoms with Gasteiger partial charge in [0.15, 0.2) is 0 Å². The lowest BCUT2D eigenvalue weighted by Gasteiger charge is -2.63. The molecular formula is C46H50. The summed E-state index contributed by atoms with van der Waals surface area (Å²) in [6.07, 6.45) is 24.5. The van der Waals surface area contributed by atoms with E-state index in [0.717, 1.165) is 23.7 Å². The molecule has 0 saturated heterocycles. The predicted molar refractivity (Wildman–Crippen MR) is 196 cm³/mol. The third-order valence-corrected chi connectivity index (χ3v) is 14.4. The molecule has 234 valence electrons. The molecule has 8 fully saturated rings. The predicted octanol–water partition coefficient (Wildman–Crippen LogP) is 11.8. The Morgan fingerprint density at radius 1 is 0.391 bits per heavy atom. The second-order valence-corrected chi connectivity index (χ2v) is 17.2. The van der Waals surface area contributed by atoms with Crippen molar-refractivity contribution >= 4 is 24.3 Å². The molecule has 11 rings (SSSR count). The highest BCUT2D eigenvalue weighted by atomic mass is 14.6. The lowest BCUT2D eigenvalue weighted by molar-refractivity contribution is -0.0297. The van der Waals surface area contributed by atoms with Crippen molar-refractivity contribution in [2.24, 2.45) is 23.7 Å². The fraction of sp³-hybridized carbons (Fsp3) is 0.435. The van der Waals surface area contributed by atoms with Gasteiger partial charge in [-0.15, -0.1) is 0 Å². The molecule has 46 heavy (non-hydrogen) atoms. The van der Waals surface area contributed by atoms with Crippen LogP contribution in [0.2, 0.25) is 0 Å². The zero-order chi connectivity index (χ0) is 31.3. The summed E-state index contributed by atoms with van der Waals surface area (Å²) in [5.41, 5.74) is 12.5. The van der Waals surface area contributed by atoms with Gasteiger partial charge in [0.1, 0.15) is 0 Å². The molecule has 8 saturated carbocycles. The van der Waals surface area contributed by atoms with Gasteiger partial charge in [0, 0.05) is 0 Å². The van der Waals surface area contributed by atoms with Crippen LogP contribution in [0.5, 0.6) is 0 Å². The minimum absolute atomic E-state index is 0.288. The molecule has 0 heteroatoms. The highest BCUT2D eigenvalue weighted by molar-refractivity contribution is 5.60. The smallest absolute Gasteiger partial charge is 0.00328 e. The first-order valence-electron chi connectivity index (χ1n) is 18.2. The molecule has 0 heterocycles. The van der Waals surface area contributed by atoms with E-state index in [4.69, 9.17) is 0 Å². The first kappa shape index (κ1) is 28.8. The highest BCUT2D eigenvalue weighted by Crippen LogP contribution is 2.68. The summed E-state index contributed by atoms with van der Waals surface area (Å²) in [5, 5.41) is 0. The maximum atomic E-state index is 4.13. The van der Waals surface area contributed by atoms with Crippen LogP contribution in [0.3, 0.4) is 0 Å².